The Labute approximate surface area is 84.7 Å². The van der Waals surface area contributed by atoms with Crippen molar-refractivity contribution in [2.45, 2.75) is 13.3 Å². The monoisotopic (exact) mass is 207 g/mol. The maximum Gasteiger partial charge on any atom is 0.339 e. The molecule has 0 aliphatic rings. The molecule has 2 heterocycles. The zero-order valence-electron chi connectivity index (χ0n) is 8.02. The third-order valence-corrected chi connectivity index (χ3v) is 2.18. The van der Waals surface area contributed by atoms with Gasteiger partial charge in [-0.05, 0) is 6.42 Å². The van der Waals surface area contributed by atoms with E-state index in [2.05, 4.69) is 10.1 Å². The van der Waals surface area contributed by atoms with Crippen LogP contribution in [0.1, 0.15) is 23.0 Å². The van der Waals surface area contributed by atoms with E-state index in [0.29, 0.717) is 17.5 Å². The van der Waals surface area contributed by atoms with Crippen molar-refractivity contribution in [3.8, 4) is 0 Å². The molecule has 0 saturated carbocycles. The van der Waals surface area contributed by atoms with Gasteiger partial charge in [-0.1, -0.05) is 12.1 Å². The summed E-state index contributed by atoms with van der Waals surface area (Å²) in [4.78, 5) is 14.7. The summed E-state index contributed by atoms with van der Waals surface area (Å²) < 4.78 is 4.92. The molecule has 2 aromatic heterocycles. The Kier molecular flexibility index (Phi) is 2.03. The van der Waals surface area contributed by atoms with Gasteiger partial charge < -0.3 is 15.4 Å². The SMILES string of the molecule is CCc1noc2ncc(C(=O)O)c(N)c12. The Morgan fingerprint density at radius 2 is 2.40 bits per heavy atom. The standard InChI is InChI=1S/C9H9N3O3/c1-2-5-6-7(10)4(9(13)14)3-11-8(6)15-12-5/h3H,2H2,1H3,(H2,10,11)(H,13,14). The fourth-order valence-corrected chi connectivity index (χ4v) is 1.41. The Balaban J connectivity index is 2.80. The average Bonchev–Trinajstić information content (AvgIpc) is 2.61. The maximum absolute atomic E-state index is 10.8. The molecule has 3 N–H and O–H groups in total. The fourth-order valence-electron chi connectivity index (χ4n) is 1.41. The first kappa shape index (κ1) is 9.45. The van der Waals surface area contributed by atoms with Crippen LogP contribution in [-0.2, 0) is 6.42 Å². The molecule has 0 aliphatic carbocycles. The summed E-state index contributed by atoms with van der Waals surface area (Å²) in [5.41, 5.74) is 6.75. The summed E-state index contributed by atoms with van der Waals surface area (Å²) in [5, 5.41) is 13.1. The molecule has 0 aliphatic heterocycles. The van der Waals surface area contributed by atoms with Gasteiger partial charge in [-0.25, -0.2) is 9.78 Å². The maximum atomic E-state index is 10.8. The number of carbonyl (C=O) groups is 1. The second-order valence-electron chi connectivity index (χ2n) is 3.05. The van der Waals surface area contributed by atoms with Crippen molar-refractivity contribution in [2.75, 3.05) is 5.73 Å². The normalized spacial score (nSPS) is 10.7. The van der Waals surface area contributed by atoms with Crippen LogP contribution in [0.25, 0.3) is 11.1 Å². The molecule has 0 radical (unpaired) electrons. The number of rotatable bonds is 2. The van der Waals surface area contributed by atoms with Crippen LogP contribution in [0.4, 0.5) is 5.69 Å². The predicted octanol–water partition coefficient (Wildman–Crippen LogP) is 1.07. The van der Waals surface area contributed by atoms with Gasteiger partial charge in [-0.15, -0.1) is 0 Å². The summed E-state index contributed by atoms with van der Waals surface area (Å²) in [5.74, 6) is -1.11. The number of hydrogen-bond acceptors (Lipinski definition) is 5. The van der Waals surface area contributed by atoms with Crippen LogP contribution in [0.2, 0.25) is 0 Å². The second-order valence-corrected chi connectivity index (χ2v) is 3.05. The van der Waals surface area contributed by atoms with E-state index in [1.165, 1.54) is 6.20 Å². The van der Waals surface area contributed by atoms with Gasteiger partial charge in [0.1, 0.15) is 5.56 Å². The molecule has 78 valence electrons. The average molecular weight is 207 g/mol. The van der Waals surface area contributed by atoms with Crippen LogP contribution in [0.5, 0.6) is 0 Å². The molecule has 6 heteroatoms. The number of pyridine rings is 1. The Morgan fingerprint density at radius 3 is 3.00 bits per heavy atom. The Hall–Kier alpha value is -2.11. The van der Waals surface area contributed by atoms with Crippen LogP contribution in [-0.4, -0.2) is 21.2 Å². The Morgan fingerprint density at radius 1 is 1.67 bits per heavy atom. The number of hydrogen-bond donors (Lipinski definition) is 2. The summed E-state index contributed by atoms with van der Waals surface area (Å²) in [7, 11) is 0. The Bertz CT molecular complexity index is 533. The minimum Gasteiger partial charge on any atom is -0.478 e. The van der Waals surface area contributed by atoms with Crippen LogP contribution < -0.4 is 5.73 Å². The highest BCUT2D eigenvalue weighted by Gasteiger charge is 2.17. The highest BCUT2D eigenvalue weighted by Crippen LogP contribution is 2.26. The van der Waals surface area contributed by atoms with E-state index in [-0.39, 0.29) is 17.0 Å². The molecule has 0 spiro atoms. The number of nitrogens with zero attached hydrogens (tertiary/aromatic N) is 2. The van der Waals surface area contributed by atoms with Crippen molar-refractivity contribution in [1.29, 1.82) is 0 Å². The molecule has 0 amide bonds. The highest BCUT2D eigenvalue weighted by molar-refractivity contribution is 6.02. The van der Waals surface area contributed by atoms with E-state index in [9.17, 15) is 4.79 Å². The van der Waals surface area contributed by atoms with Gasteiger partial charge in [0.05, 0.1) is 16.8 Å². The van der Waals surface area contributed by atoms with Gasteiger partial charge in [-0.2, -0.15) is 0 Å². The lowest BCUT2D eigenvalue weighted by Crippen LogP contribution is -2.04. The number of aromatic nitrogens is 2. The summed E-state index contributed by atoms with van der Waals surface area (Å²) in [6.07, 6.45) is 1.78. The molecule has 15 heavy (non-hydrogen) atoms. The molecule has 0 aromatic carbocycles. The quantitative estimate of drug-likeness (QED) is 0.763. The lowest BCUT2D eigenvalue weighted by molar-refractivity contribution is 0.0698. The number of carboxylic acids is 1. The van der Waals surface area contributed by atoms with E-state index < -0.39 is 5.97 Å². The van der Waals surface area contributed by atoms with E-state index >= 15 is 0 Å². The van der Waals surface area contributed by atoms with Gasteiger partial charge in [-0.3, -0.25) is 0 Å². The first-order valence-corrected chi connectivity index (χ1v) is 4.41. The number of anilines is 1. The van der Waals surface area contributed by atoms with Crippen molar-refractivity contribution < 1.29 is 14.4 Å². The molecule has 0 saturated heterocycles. The largest absolute Gasteiger partial charge is 0.478 e. The number of carboxylic acid groups (broad SMARTS) is 1. The summed E-state index contributed by atoms with van der Waals surface area (Å²) >= 11 is 0. The molecule has 0 unspecified atom stereocenters. The third kappa shape index (κ3) is 1.30. The fraction of sp³-hybridized carbons (Fsp3) is 0.222. The van der Waals surface area contributed by atoms with E-state index in [1.807, 2.05) is 6.92 Å². The lowest BCUT2D eigenvalue weighted by atomic mass is 10.1. The van der Waals surface area contributed by atoms with E-state index in [1.54, 1.807) is 0 Å². The van der Waals surface area contributed by atoms with Crippen LogP contribution in [0.3, 0.4) is 0 Å². The van der Waals surface area contributed by atoms with Crippen molar-refractivity contribution >= 4 is 22.8 Å². The first-order valence-electron chi connectivity index (χ1n) is 4.41. The van der Waals surface area contributed by atoms with Gasteiger partial charge in [0.2, 0.25) is 0 Å². The minimum absolute atomic E-state index is 0.0274. The lowest BCUT2D eigenvalue weighted by Gasteiger charge is -2.00. The molecule has 0 bridgehead atoms. The van der Waals surface area contributed by atoms with E-state index in [4.69, 9.17) is 15.4 Å². The van der Waals surface area contributed by atoms with Crippen molar-refractivity contribution in [2.24, 2.45) is 0 Å². The minimum atomic E-state index is -1.11. The van der Waals surface area contributed by atoms with Gasteiger partial charge in [0, 0.05) is 6.20 Å². The number of nitrogens with two attached hydrogens (primary N) is 1. The molecule has 0 atom stereocenters. The van der Waals surface area contributed by atoms with Crippen molar-refractivity contribution in [3.63, 3.8) is 0 Å². The number of aromatic carboxylic acids is 1. The van der Waals surface area contributed by atoms with Crippen molar-refractivity contribution in [3.05, 3.63) is 17.5 Å². The molecule has 2 aromatic rings. The van der Waals surface area contributed by atoms with Crippen LogP contribution >= 0.6 is 0 Å². The summed E-state index contributed by atoms with van der Waals surface area (Å²) in [6, 6.07) is 0. The van der Waals surface area contributed by atoms with Crippen LogP contribution in [0.15, 0.2) is 10.7 Å². The molecule has 2 rings (SSSR count). The highest BCUT2D eigenvalue weighted by atomic mass is 16.5. The van der Waals surface area contributed by atoms with E-state index in [0.717, 1.165) is 0 Å². The number of aryl methyl sites for hydroxylation is 1. The van der Waals surface area contributed by atoms with Crippen LogP contribution in [0, 0.1) is 0 Å². The molecular weight excluding hydrogens is 198 g/mol. The second kappa shape index (κ2) is 3.23. The smallest absolute Gasteiger partial charge is 0.339 e. The van der Waals surface area contributed by atoms with Gasteiger partial charge >= 0.3 is 5.97 Å². The number of nitrogen functional groups attached to an aromatic ring is 1. The summed E-state index contributed by atoms with van der Waals surface area (Å²) in [6.45, 7) is 1.88. The van der Waals surface area contributed by atoms with Crippen molar-refractivity contribution in [1.82, 2.24) is 10.1 Å². The molecule has 6 nitrogen and oxygen atoms in total. The molecule has 0 fully saturated rings. The predicted molar refractivity (Wildman–Crippen MR) is 52.6 cm³/mol. The third-order valence-electron chi connectivity index (χ3n) is 2.18. The van der Waals surface area contributed by atoms with Gasteiger partial charge in [0.25, 0.3) is 5.71 Å². The number of fused-ring (bicyclic) bond motifs is 1. The molecular formula is C9H9N3O3. The first-order chi connectivity index (χ1) is 7.15. The zero-order chi connectivity index (χ0) is 11.0. The van der Waals surface area contributed by atoms with Gasteiger partial charge in [0.15, 0.2) is 0 Å². The zero-order valence-corrected chi connectivity index (χ0v) is 8.02. The topological polar surface area (TPSA) is 102 Å².